The van der Waals surface area contributed by atoms with Crippen molar-refractivity contribution in [1.29, 1.82) is 0 Å². The molecule has 1 atom stereocenters. The molecule has 10 heteroatoms. The van der Waals surface area contributed by atoms with Crippen LogP contribution in [0.4, 0.5) is 8.78 Å². The van der Waals surface area contributed by atoms with Gasteiger partial charge in [0.2, 0.25) is 0 Å². The number of alkyl halides is 3. The molecule has 0 saturated carbocycles. The summed E-state index contributed by atoms with van der Waals surface area (Å²) in [5.74, 6) is -0.782. The van der Waals surface area contributed by atoms with Gasteiger partial charge >= 0.3 is 6.61 Å². The zero-order valence-electron chi connectivity index (χ0n) is 11.9. The van der Waals surface area contributed by atoms with Gasteiger partial charge in [0.25, 0.3) is 0 Å². The Balaban J connectivity index is 2.26. The first-order chi connectivity index (χ1) is 10.6. The Morgan fingerprint density at radius 2 is 2.17 bits per heavy atom. The topological polar surface area (TPSA) is 65.0 Å². The first kappa shape index (κ1) is 18.2. The van der Waals surface area contributed by atoms with Gasteiger partial charge in [-0.2, -0.15) is 8.78 Å². The van der Waals surface area contributed by atoms with Gasteiger partial charge in [-0.15, -0.1) is 11.6 Å². The quantitative estimate of drug-likeness (QED) is 0.724. The van der Waals surface area contributed by atoms with Crippen molar-refractivity contribution in [1.82, 2.24) is 0 Å². The number of ether oxygens (including phenoxy) is 1. The molecule has 5 nitrogen and oxygen atoms in total. The first-order valence-electron chi connectivity index (χ1n) is 6.42. The third-order valence-electron chi connectivity index (χ3n) is 3.12. The summed E-state index contributed by atoms with van der Waals surface area (Å²) in [7, 11) is -3.89. The van der Waals surface area contributed by atoms with Gasteiger partial charge in [-0.3, -0.25) is 0 Å². The van der Waals surface area contributed by atoms with E-state index >= 15 is 0 Å². The van der Waals surface area contributed by atoms with Crippen molar-refractivity contribution in [2.45, 2.75) is 31.3 Å². The summed E-state index contributed by atoms with van der Waals surface area (Å²) in [5, 5.41) is 3.57. The van der Waals surface area contributed by atoms with Crippen molar-refractivity contribution in [3.8, 4) is 5.75 Å². The summed E-state index contributed by atoms with van der Waals surface area (Å²) in [6, 6.07) is 3.78. The smallest absolute Gasteiger partial charge is 0.387 e. The zero-order valence-corrected chi connectivity index (χ0v) is 14.3. The number of hydrogen-bond acceptors (Lipinski definition) is 5. The molecule has 0 aliphatic carbocycles. The molecule has 0 radical (unpaired) electrons. The van der Waals surface area contributed by atoms with Crippen molar-refractivity contribution in [2.75, 3.05) is 5.88 Å². The normalized spacial score (nSPS) is 21.2. The van der Waals surface area contributed by atoms with Gasteiger partial charge in [0, 0.05) is 17.0 Å². The van der Waals surface area contributed by atoms with Gasteiger partial charge in [0.1, 0.15) is 5.75 Å². The van der Waals surface area contributed by atoms with Crippen LogP contribution in [-0.2, 0) is 20.4 Å². The van der Waals surface area contributed by atoms with E-state index in [-0.39, 0.29) is 33.7 Å². The number of benzene rings is 1. The first-order valence-corrected chi connectivity index (χ1v) is 8.99. The van der Waals surface area contributed by atoms with Crippen molar-refractivity contribution >= 4 is 38.1 Å². The van der Waals surface area contributed by atoms with Crippen molar-refractivity contribution in [2.24, 2.45) is 5.16 Å². The molecule has 1 heterocycles. The third kappa shape index (κ3) is 4.45. The minimum absolute atomic E-state index is 0.00440. The molecule has 1 aliphatic rings. The average molecular weight is 388 g/mol. The summed E-state index contributed by atoms with van der Waals surface area (Å²) in [5.41, 5.74) is -0.888. The fraction of sp³-hybridized carbons (Fsp3) is 0.462. The van der Waals surface area contributed by atoms with Gasteiger partial charge in [-0.1, -0.05) is 16.8 Å². The van der Waals surface area contributed by atoms with Crippen LogP contribution in [0.1, 0.15) is 18.9 Å². The second kappa shape index (κ2) is 6.78. The van der Waals surface area contributed by atoms with Crippen LogP contribution in [0.25, 0.3) is 0 Å². The maximum Gasteiger partial charge on any atom is 0.387 e. The average Bonchev–Trinajstić information content (AvgIpc) is 2.85. The summed E-state index contributed by atoms with van der Waals surface area (Å²) in [4.78, 5) is 5.04. The SMILES string of the molecule is CC1(CCl)CC(S(=O)(=O)Cc2cc(Cl)ccc2OC(F)F)=NO1. The number of nitrogens with zero attached hydrogens (tertiary/aromatic N) is 1. The molecule has 1 unspecified atom stereocenters. The van der Waals surface area contributed by atoms with E-state index in [0.717, 1.165) is 0 Å². The van der Waals surface area contributed by atoms with Crippen LogP contribution in [-0.4, -0.2) is 31.6 Å². The number of rotatable bonds is 5. The van der Waals surface area contributed by atoms with E-state index in [0.29, 0.717) is 0 Å². The van der Waals surface area contributed by atoms with Crippen LogP contribution in [0.5, 0.6) is 5.75 Å². The maximum absolute atomic E-state index is 12.4. The monoisotopic (exact) mass is 387 g/mol. The van der Waals surface area contributed by atoms with E-state index in [1.54, 1.807) is 6.92 Å². The standard InChI is InChI=1S/C13H13Cl2F2NO4S/c1-13(7-14)5-11(18-22-13)23(19,20)6-8-4-9(15)2-3-10(8)21-12(16)17/h2-4,12H,5-7H2,1H3. The van der Waals surface area contributed by atoms with Crippen molar-refractivity contribution in [3.63, 3.8) is 0 Å². The van der Waals surface area contributed by atoms with Crippen LogP contribution in [0.2, 0.25) is 5.02 Å². The van der Waals surface area contributed by atoms with Gasteiger partial charge in [0.15, 0.2) is 20.5 Å². The summed E-state index contributed by atoms with van der Waals surface area (Å²) in [6.45, 7) is -1.46. The molecular weight excluding hydrogens is 375 g/mol. The van der Waals surface area contributed by atoms with Crippen LogP contribution in [0, 0.1) is 0 Å². The highest BCUT2D eigenvalue weighted by molar-refractivity contribution is 8.05. The van der Waals surface area contributed by atoms with E-state index in [2.05, 4.69) is 9.89 Å². The predicted molar refractivity (Wildman–Crippen MR) is 83.0 cm³/mol. The van der Waals surface area contributed by atoms with E-state index < -0.39 is 27.8 Å². The molecule has 0 spiro atoms. The summed E-state index contributed by atoms with van der Waals surface area (Å²) in [6.07, 6.45) is 0.00440. The highest BCUT2D eigenvalue weighted by Crippen LogP contribution is 2.31. The second-order valence-electron chi connectivity index (χ2n) is 5.23. The van der Waals surface area contributed by atoms with Crippen LogP contribution in [0.15, 0.2) is 23.4 Å². The molecule has 1 aromatic carbocycles. The van der Waals surface area contributed by atoms with Gasteiger partial charge < -0.3 is 9.57 Å². The Labute approximate surface area is 142 Å². The van der Waals surface area contributed by atoms with Gasteiger partial charge in [-0.25, -0.2) is 8.42 Å². The maximum atomic E-state index is 12.4. The molecule has 0 bridgehead atoms. The van der Waals surface area contributed by atoms with Gasteiger partial charge in [0.05, 0.1) is 11.6 Å². The Hall–Kier alpha value is -1.12. The summed E-state index contributed by atoms with van der Waals surface area (Å²) < 4.78 is 54.0. The van der Waals surface area contributed by atoms with Crippen LogP contribution < -0.4 is 4.74 Å². The minimum Gasteiger partial charge on any atom is -0.435 e. The molecule has 128 valence electrons. The number of oxime groups is 1. The molecule has 0 amide bonds. The minimum atomic E-state index is -3.89. The molecule has 0 N–H and O–H groups in total. The molecule has 0 saturated heterocycles. The molecule has 0 fully saturated rings. The largest absolute Gasteiger partial charge is 0.435 e. The fourth-order valence-electron chi connectivity index (χ4n) is 1.94. The van der Waals surface area contributed by atoms with E-state index in [9.17, 15) is 17.2 Å². The Morgan fingerprint density at radius 3 is 2.74 bits per heavy atom. The lowest BCUT2D eigenvalue weighted by molar-refractivity contribution is -0.0503. The van der Waals surface area contributed by atoms with Crippen LogP contribution in [0.3, 0.4) is 0 Å². The molecule has 1 aliphatic heterocycles. The lowest BCUT2D eigenvalue weighted by atomic mass is 10.1. The van der Waals surface area contributed by atoms with Crippen molar-refractivity contribution in [3.05, 3.63) is 28.8 Å². The highest BCUT2D eigenvalue weighted by Gasteiger charge is 2.39. The van der Waals surface area contributed by atoms with Crippen molar-refractivity contribution < 1.29 is 26.8 Å². The Morgan fingerprint density at radius 1 is 1.48 bits per heavy atom. The Kier molecular flexibility index (Phi) is 5.37. The molecular formula is C13H13Cl2F2NO4S. The zero-order chi connectivity index (χ0) is 17.3. The Bertz CT molecular complexity index is 727. The number of sulfone groups is 1. The highest BCUT2D eigenvalue weighted by atomic mass is 35.5. The molecule has 23 heavy (non-hydrogen) atoms. The van der Waals surface area contributed by atoms with Crippen LogP contribution >= 0.6 is 23.2 Å². The lowest BCUT2D eigenvalue weighted by Crippen LogP contribution is -2.28. The molecule has 2 rings (SSSR count). The molecule has 1 aromatic rings. The van der Waals surface area contributed by atoms with E-state index in [4.69, 9.17) is 28.0 Å². The number of hydrogen-bond donors (Lipinski definition) is 0. The summed E-state index contributed by atoms with van der Waals surface area (Å²) >= 11 is 11.5. The van der Waals surface area contributed by atoms with Gasteiger partial charge in [-0.05, 0) is 25.1 Å². The predicted octanol–water partition coefficient (Wildman–Crippen LogP) is 3.59. The second-order valence-corrected chi connectivity index (χ2v) is 7.92. The third-order valence-corrected chi connectivity index (χ3v) is 5.55. The van der Waals surface area contributed by atoms with E-state index in [1.807, 2.05) is 0 Å². The number of halogens is 4. The van der Waals surface area contributed by atoms with E-state index in [1.165, 1.54) is 18.2 Å². The molecule has 0 aromatic heterocycles. The lowest BCUT2D eigenvalue weighted by Gasteiger charge is -2.16. The fourth-order valence-corrected chi connectivity index (χ4v) is 3.76.